The van der Waals surface area contributed by atoms with Crippen LogP contribution in [0.4, 0.5) is 14.5 Å². The SMILES string of the molecule is O=C(CSCc1cc2c(cc1Br)OCCO2)Nc1cc(F)cc(F)c1. The summed E-state index contributed by atoms with van der Waals surface area (Å²) < 4.78 is 38.1. The summed E-state index contributed by atoms with van der Waals surface area (Å²) >= 11 is 4.86. The lowest BCUT2D eigenvalue weighted by atomic mass is 10.2. The van der Waals surface area contributed by atoms with Crippen molar-refractivity contribution in [3.8, 4) is 11.5 Å². The number of anilines is 1. The van der Waals surface area contributed by atoms with Crippen LogP contribution in [0.1, 0.15) is 5.56 Å². The fourth-order valence-corrected chi connectivity index (χ4v) is 3.76. The summed E-state index contributed by atoms with van der Waals surface area (Å²) in [6.07, 6.45) is 0. The maximum atomic E-state index is 13.1. The fourth-order valence-electron chi connectivity index (χ4n) is 2.29. The third kappa shape index (κ3) is 4.85. The minimum absolute atomic E-state index is 0.101. The van der Waals surface area contributed by atoms with Crippen molar-refractivity contribution in [2.45, 2.75) is 5.75 Å². The monoisotopic (exact) mass is 429 g/mol. The first-order valence-electron chi connectivity index (χ1n) is 7.43. The van der Waals surface area contributed by atoms with Gasteiger partial charge < -0.3 is 14.8 Å². The average Bonchev–Trinajstić information content (AvgIpc) is 2.54. The van der Waals surface area contributed by atoms with Crippen LogP contribution in [0.25, 0.3) is 0 Å². The Bertz CT molecular complexity index is 783. The van der Waals surface area contributed by atoms with E-state index in [1.807, 2.05) is 12.1 Å². The van der Waals surface area contributed by atoms with E-state index in [-0.39, 0.29) is 17.3 Å². The number of carbonyl (C=O) groups excluding carboxylic acids is 1. The number of halogens is 3. The Balaban J connectivity index is 1.55. The van der Waals surface area contributed by atoms with Crippen molar-refractivity contribution in [1.82, 2.24) is 0 Å². The zero-order valence-corrected chi connectivity index (χ0v) is 15.4. The highest BCUT2D eigenvalue weighted by atomic mass is 79.9. The van der Waals surface area contributed by atoms with Crippen LogP contribution in [0, 0.1) is 11.6 Å². The number of ether oxygens (including phenoxy) is 2. The highest BCUT2D eigenvalue weighted by Gasteiger charge is 2.15. The van der Waals surface area contributed by atoms with E-state index in [9.17, 15) is 13.6 Å². The van der Waals surface area contributed by atoms with Gasteiger partial charge in [0.2, 0.25) is 5.91 Å². The van der Waals surface area contributed by atoms with E-state index in [4.69, 9.17) is 9.47 Å². The normalized spacial score (nSPS) is 12.8. The van der Waals surface area contributed by atoms with Crippen LogP contribution in [0.3, 0.4) is 0 Å². The molecule has 1 N–H and O–H groups in total. The number of fused-ring (bicyclic) bond motifs is 1. The smallest absolute Gasteiger partial charge is 0.234 e. The van der Waals surface area contributed by atoms with E-state index in [2.05, 4.69) is 21.2 Å². The number of carbonyl (C=O) groups is 1. The van der Waals surface area contributed by atoms with Crippen molar-refractivity contribution in [3.05, 3.63) is 52.0 Å². The standard InChI is InChI=1S/C17H14BrF2NO3S/c18-14-7-16-15(23-1-2-24-16)3-10(14)8-25-9-17(22)21-13-5-11(19)4-12(20)6-13/h3-7H,1-2,8-9H2,(H,21,22). The van der Waals surface area contributed by atoms with Gasteiger partial charge in [0.05, 0.1) is 5.75 Å². The highest BCUT2D eigenvalue weighted by Crippen LogP contribution is 2.36. The van der Waals surface area contributed by atoms with Gasteiger partial charge in [0.15, 0.2) is 11.5 Å². The molecular weight excluding hydrogens is 416 g/mol. The first-order valence-corrected chi connectivity index (χ1v) is 9.38. The molecule has 4 nitrogen and oxygen atoms in total. The maximum Gasteiger partial charge on any atom is 0.234 e. The van der Waals surface area contributed by atoms with Crippen LogP contribution < -0.4 is 14.8 Å². The second kappa shape index (κ2) is 8.05. The quantitative estimate of drug-likeness (QED) is 0.766. The largest absolute Gasteiger partial charge is 0.486 e. The summed E-state index contributed by atoms with van der Waals surface area (Å²) in [4.78, 5) is 11.9. The van der Waals surface area contributed by atoms with Gasteiger partial charge in [0.25, 0.3) is 0 Å². The maximum absolute atomic E-state index is 13.1. The van der Waals surface area contributed by atoms with Crippen LogP contribution in [-0.4, -0.2) is 24.9 Å². The third-order valence-corrected chi connectivity index (χ3v) is 5.07. The molecule has 0 saturated heterocycles. The molecule has 3 rings (SSSR count). The van der Waals surface area contributed by atoms with Crippen molar-refractivity contribution in [2.24, 2.45) is 0 Å². The molecule has 1 aliphatic heterocycles. The minimum Gasteiger partial charge on any atom is -0.486 e. The molecule has 0 bridgehead atoms. The molecule has 0 spiro atoms. The van der Waals surface area contributed by atoms with Gasteiger partial charge in [-0.25, -0.2) is 8.78 Å². The summed E-state index contributed by atoms with van der Waals surface area (Å²) in [5.74, 6) is 0.304. The number of thioether (sulfide) groups is 1. The molecule has 25 heavy (non-hydrogen) atoms. The Hall–Kier alpha value is -1.80. The molecule has 0 aromatic heterocycles. The molecule has 0 aliphatic carbocycles. The molecule has 132 valence electrons. The van der Waals surface area contributed by atoms with Crippen molar-refractivity contribution < 1.29 is 23.0 Å². The molecule has 0 fully saturated rings. The molecule has 0 radical (unpaired) electrons. The van der Waals surface area contributed by atoms with Gasteiger partial charge in [-0.05, 0) is 29.8 Å². The van der Waals surface area contributed by atoms with Crippen molar-refractivity contribution in [1.29, 1.82) is 0 Å². The van der Waals surface area contributed by atoms with E-state index >= 15 is 0 Å². The van der Waals surface area contributed by atoms with E-state index in [0.29, 0.717) is 30.5 Å². The summed E-state index contributed by atoms with van der Waals surface area (Å²) in [5, 5.41) is 2.48. The third-order valence-electron chi connectivity index (χ3n) is 3.35. The average molecular weight is 430 g/mol. The molecule has 0 saturated carbocycles. The molecule has 0 unspecified atom stereocenters. The predicted molar refractivity (Wildman–Crippen MR) is 96.3 cm³/mol. The lowest BCUT2D eigenvalue weighted by Gasteiger charge is -2.19. The van der Waals surface area contributed by atoms with Crippen LogP contribution in [0.5, 0.6) is 11.5 Å². The van der Waals surface area contributed by atoms with Crippen molar-refractivity contribution in [2.75, 3.05) is 24.3 Å². The Morgan fingerprint density at radius 1 is 1.08 bits per heavy atom. The number of amides is 1. The number of benzene rings is 2. The molecule has 1 heterocycles. The van der Waals surface area contributed by atoms with E-state index in [0.717, 1.165) is 28.2 Å². The molecule has 2 aromatic carbocycles. The second-order valence-corrected chi connectivity index (χ2v) is 7.13. The van der Waals surface area contributed by atoms with Crippen LogP contribution in [0.15, 0.2) is 34.8 Å². The van der Waals surface area contributed by atoms with Gasteiger partial charge in [0.1, 0.15) is 24.8 Å². The van der Waals surface area contributed by atoms with Crippen LogP contribution in [-0.2, 0) is 10.5 Å². The highest BCUT2D eigenvalue weighted by molar-refractivity contribution is 9.10. The Morgan fingerprint density at radius 3 is 2.40 bits per heavy atom. The number of hydrogen-bond donors (Lipinski definition) is 1. The first kappa shape index (κ1) is 18.0. The number of rotatable bonds is 5. The van der Waals surface area contributed by atoms with Gasteiger partial charge in [0, 0.05) is 22.0 Å². The van der Waals surface area contributed by atoms with E-state index in [1.54, 1.807) is 0 Å². The van der Waals surface area contributed by atoms with Crippen LogP contribution >= 0.6 is 27.7 Å². The van der Waals surface area contributed by atoms with E-state index in [1.165, 1.54) is 11.8 Å². The second-order valence-electron chi connectivity index (χ2n) is 5.29. The van der Waals surface area contributed by atoms with Crippen LogP contribution in [0.2, 0.25) is 0 Å². The Morgan fingerprint density at radius 2 is 1.72 bits per heavy atom. The minimum atomic E-state index is -0.733. The van der Waals surface area contributed by atoms with Crippen molar-refractivity contribution >= 4 is 39.3 Å². The molecule has 0 atom stereocenters. The van der Waals surface area contributed by atoms with E-state index < -0.39 is 11.6 Å². The molecule has 1 amide bonds. The first-order chi connectivity index (χ1) is 12.0. The number of hydrogen-bond acceptors (Lipinski definition) is 4. The van der Waals surface area contributed by atoms with Gasteiger partial charge in [-0.3, -0.25) is 4.79 Å². The zero-order valence-electron chi connectivity index (χ0n) is 13.0. The summed E-state index contributed by atoms with van der Waals surface area (Å²) in [6, 6.07) is 6.63. The van der Waals surface area contributed by atoms with Gasteiger partial charge in [-0.2, -0.15) is 0 Å². The fraction of sp³-hybridized carbons (Fsp3) is 0.235. The Kier molecular flexibility index (Phi) is 5.80. The zero-order chi connectivity index (χ0) is 17.8. The van der Waals surface area contributed by atoms with Gasteiger partial charge >= 0.3 is 0 Å². The molecule has 8 heteroatoms. The molecular formula is C17H14BrF2NO3S. The van der Waals surface area contributed by atoms with Crippen molar-refractivity contribution in [3.63, 3.8) is 0 Å². The lowest BCUT2D eigenvalue weighted by Crippen LogP contribution is -2.16. The van der Waals surface area contributed by atoms with Gasteiger partial charge in [-0.1, -0.05) is 15.9 Å². The lowest BCUT2D eigenvalue weighted by molar-refractivity contribution is -0.113. The molecule has 2 aromatic rings. The summed E-state index contributed by atoms with van der Waals surface area (Å²) in [5.41, 5.74) is 1.07. The summed E-state index contributed by atoms with van der Waals surface area (Å²) in [7, 11) is 0. The Labute approximate surface area is 156 Å². The molecule has 1 aliphatic rings. The predicted octanol–water partition coefficient (Wildman–Crippen LogP) is 4.37. The topological polar surface area (TPSA) is 47.6 Å². The van der Waals surface area contributed by atoms with Gasteiger partial charge in [-0.15, -0.1) is 11.8 Å². The number of nitrogens with one attached hydrogen (secondary N) is 1. The summed E-state index contributed by atoms with van der Waals surface area (Å²) in [6.45, 7) is 1.03.